The van der Waals surface area contributed by atoms with Crippen LogP contribution in [-0.4, -0.2) is 44.9 Å². The van der Waals surface area contributed by atoms with E-state index in [0.29, 0.717) is 13.0 Å². The third kappa shape index (κ3) is 4.04. The highest BCUT2D eigenvalue weighted by Crippen LogP contribution is 2.23. The van der Waals surface area contributed by atoms with Gasteiger partial charge in [0.2, 0.25) is 0 Å². The van der Waals surface area contributed by atoms with Gasteiger partial charge >= 0.3 is 12.0 Å². The average molecular weight is 356 g/mol. The monoisotopic (exact) mass is 356 g/mol. The maximum Gasteiger partial charge on any atom is 0.317 e. The SMILES string of the molecule is CC1CC(C(=O)O)CN(C(=O)NC(C)c2ccc(-n3cccn3)cc2)C1. The lowest BCUT2D eigenvalue weighted by Crippen LogP contribution is -2.49. The highest BCUT2D eigenvalue weighted by Gasteiger charge is 2.32. The number of carbonyl (C=O) groups is 2. The fourth-order valence-corrected chi connectivity index (χ4v) is 3.39. The molecular weight excluding hydrogens is 332 g/mol. The Balaban J connectivity index is 1.62. The van der Waals surface area contributed by atoms with E-state index in [9.17, 15) is 14.7 Å². The Morgan fingerprint density at radius 2 is 2.00 bits per heavy atom. The van der Waals surface area contributed by atoms with Gasteiger partial charge in [-0.15, -0.1) is 0 Å². The summed E-state index contributed by atoms with van der Waals surface area (Å²) in [6, 6.07) is 9.30. The van der Waals surface area contributed by atoms with Crippen molar-refractivity contribution in [2.75, 3.05) is 13.1 Å². The standard InChI is InChI=1S/C19H24N4O3/c1-13-10-16(18(24)25)12-22(11-13)19(26)21-14(2)15-4-6-17(7-5-15)23-9-3-8-20-23/h3-9,13-14,16H,10-12H2,1-2H3,(H,21,26)(H,24,25). The van der Waals surface area contributed by atoms with E-state index in [1.54, 1.807) is 15.8 Å². The highest BCUT2D eigenvalue weighted by molar-refractivity contribution is 5.77. The number of rotatable bonds is 4. The van der Waals surface area contributed by atoms with Gasteiger partial charge in [0.1, 0.15) is 0 Å². The van der Waals surface area contributed by atoms with E-state index in [2.05, 4.69) is 10.4 Å². The van der Waals surface area contributed by atoms with Gasteiger partial charge in [0.05, 0.1) is 17.6 Å². The van der Waals surface area contributed by atoms with E-state index >= 15 is 0 Å². The molecule has 3 unspecified atom stereocenters. The molecule has 1 aliphatic rings. The fraction of sp³-hybridized carbons (Fsp3) is 0.421. The number of nitrogens with one attached hydrogen (secondary N) is 1. The summed E-state index contributed by atoms with van der Waals surface area (Å²) in [5.41, 5.74) is 1.93. The lowest BCUT2D eigenvalue weighted by molar-refractivity contribution is -0.143. The van der Waals surface area contributed by atoms with Gasteiger partial charge in [-0.05, 0) is 43.0 Å². The van der Waals surface area contributed by atoms with Crippen molar-refractivity contribution in [2.24, 2.45) is 11.8 Å². The average Bonchev–Trinajstić information content (AvgIpc) is 3.16. The summed E-state index contributed by atoms with van der Waals surface area (Å²) in [5, 5.41) is 16.4. The van der Waals surface area contributed by atoms with Crippen LogP contribution in [0.1, 0.15) is 31.9 Å². The number of aromatic nitrogens is 2. The zero-order chi connectivity index (χ0) is 18.7. The quantitative estimate of drug-likeness (QED) is 0.882. The summed E-state index contributed by atoms with van der Waals surface area (Å²) in [6.45, 7) is 4.74. The van der Waals surface area contributed by atoms with Crippen molar-refractivity contribution in [1.82, 2.24) is 20.0 Å². The molecule has 0 bridgehead atoms. The maximum atomic E-state index is 12.6. The zero-order valence-electron chi connectivity index (χ0n) is 15.0. The number of likely N-dealkylation sites (tertiary alicyclic amines) is 1. The van der Waals surface area contributed by atoms with Crippen LogP contribution in [-0.2, 0) is 4.79 Å². The van der Waals surface area contributed by atoms with Crippen molar-refractivity contribution in [1.29, 1.82) is 0 Å². The van der Waals surface area contributed by atoms with Gasteiger partial charge in [0.15, 0.2) is 0 Å². The zero-order valence-corrected chi connectivity index (χ0v) is 15.0. The Kier molecular flexibility index (Phi) is 5.25. The van der Waals surface area contributed by atoms with Crippen LogP contribution in [0.5, 0.6) is 0 Å². The Bertz CT molecular complexity index is 758. The number of hydrogen-bond acceptors (Lipinski definition) is 3. The van der Waals surface area contributed by atoms with Gasteiger partial charge in [-0.2, -0.15) is 5.10 Å². The van der Waals surface area contributed by atoms with Crippen molar-refractivity contribution in [3.63, 3.8) is 0 Å². The Hall–Kier alpha value is -2.83. The molecule has 1 aliphatic heterocycles. The smallest absolute Gasteiger partial charge is 0.317 e. The molecule has 0 spiro atoms. The topological polar surface area (TPSA) is 87.5 Å². The lowest BCUT2D eigenvalue weighted by Gasteiger charge is -2.35. The summed E-state index contributed by atoms with van der Waals surface area (Å²) in [6.07, 6.45) is 4.21. The van der Waals surface area contributed by atoms with Crippen LogP contribution < -0.4 is 5.32 Å². The predicted molar refractivity (Wildman–Crippen MR) is 97.0 cm³/mol. The van der Waals surface area contributed by atoms with Crippen LogP contribution in [0.4, 0.5) is 4.79 Å². The highest BCUT2D eigenvalue weighted by atomic mass is 16.4. The molecule has 3 atom stereocenters. The molecule has 1 aromatic carbocycles. The molecule has 2 aromatic rings. The second-order valence-corrected chi connectivity index (χ2v) is 6.99. The van der Waals surface area contributed by atoms with E-state index in [0.717, 1.165) is 11.3 Å². The first-order valence-corrected chi connectivity index (χ1v) is 8.82. The van der Waals surface area contributed by atoms with Gasteiger partial charge in [-0.1, -0.05) is 19.1 Å². The molecular formula is C19H24N4O3. The van der Waals surface area contributed by atoms with E-state index in [4.69, 9.17) is 0 Å². The van der Waals surface area contributed by atoms with Gasteiger partial charge in [-0.25, -0.2) is 9.48 Å². The summed E-state index contributed by atoms with van der Waals surface area (Å²) in [7, 11) is 0. The fourth-order valence-electron chi connectivity index (χ4n) is 3.39. The van der Waals surface area contributed by atoms with Crippen molar-refractivity contribution in [3.8, 4) is 5.69 Å². The number of nitrogens with zero attached hydrogens (tertiary/aromatic N) is 3. The Labute approximate surface area is 152 Å². The first-order valence-electron chi connectivity index (χ1n) is 8.82. The molecule has 3 rings (SSSR count). The first-order chi connectivity index (χ1) is 12.4. The van der Waals surface area contributed by atoms with Crippen LogP contribution >= 0.6 is 0 Å². The molecule has 0 saturated carbocycles. The molecule has 0 aliphatic carbocycles. The molecule has 1 fully saturated rings. The molecule has 2 N–H and O–H groups in total. The van der Waals surface area contributed by atoms with Crippen LogP contribution in [0.2, 0.25) is 0 Å². The number of carboxylic acids is 1. The number of benzene rings is 1. The van der Waals surface area contributed by atoms with Gasteiger partial charge < -0.3 is 15.3 Å². The maximum absolute atomic E-state index is 12.6. The molecule has 26 heavy (non-hydrogen) atoms. The van der Waals surface area contributed by atoms with E-state index in [1.165, 1.54) is 0 Å². The summed E-state index contributed by atoms with van der Waals surface area (Å²) >= 11 is 0. The third-order valence-corrected chi connectivity index (χ3v) is 4.80. The second-order valence-electron chi connectivity index (χ2n) is 6.99. The first kappa shape index (κ1) is 18.0. The molecule has 2 amide bonds. The molecule has 2 heterocycles. The molecule has 138 valence electrons. The van der Waals surface area contributed by atoms with Crippen molar-refractivity contribution >= 4 is 12.0 Å². The minimum absolute atomic E-state index is 0.172. The third-order valence-electron chi connectivity index (χ3n) is 4.80. The van der Waals surface area contributed by atoms with Crippen LogP contribution in [0.25, 0.3) is 5.69 Å². The second kappa shape index (κ2) is 7.59. The van der Waals surface area contributed by atoms with E-state index in [1.807, 2.05) is 50.4 Å². The van der Waals surface area contributed by atoms with Gasteiger partial charge in [0.25, 0.3) is 0 Å². The Morgan fingerprint density at radius 3 is 2.62 bits per heavy atom. The molecule has 7 heteroatoms. The van der Waals surface area contributed by atoms with Crippen molar-refractivity contribution in [3.05, 3.63) is 48.3 Å². The minimum Gasteiger partial charge on any atom is -0.481 e. The number of aliphatic carboxylic acids is 1. The lowest BCUT2D eigenvalue weighted by atomic mass is 9.91. The number of amides is 2. The molecule has 1 aromatic heterocycles. The van der Waals surface area contributed by atoms with Crippen molar-refractivity contribution in [2.45, 2.75) is 26.3 Å². The molecule has 7 nitrogen and oxygen atoms in total. The minimum atomic E-state index is -0.836. The van der Waals surface area contributed by atoms with Crippen LogP contribution in [0, 0.1) is 11.8 Å². The normalized spacial score (nSPS) is 21.2. The summed E-state index contributed by atoms with van der Waals surface area (Å²) in [5.74, 6) is -1.15. The number of piperidine rings is 1. The predicted octanol–water partition coefficient (Wildman–Crippen LogP) is 2.69. The summed E-state index contributed by atoms with van der Waals surface area (Å²) < 4.78 is 1.77. The number of urea groups is 1. The van der Waals surface area contributed by atoms with Crippen LogP contribution in [0.3, 0.4) is 0 Å². The number of carbonyl (C=O) groups excluding carboxylic acids is 1. The van der Waals surface area contributed by atoms with Gasteiger partial charge in [0, 0.05) is 25.5 Å². The molecule has 1 saturated heterocycles. The Morgan fingerprint density at radius 1 is 1.27 bits per heavy atom. The largest absolute Gasteiger partial charge is 0.481 e. The van der Waals surface area contributed by atoms with Crippen molar-refractivity contribution < 1.29 is 14.7 Å². The summed E-state index contributed by atoms with van der Waals surface area (Å²) in [4.78, 5) is 25.4. The molecule has 0 radical (unpaired) electrons. The van der Waals surface area contributed by atoms with E-state index < -0.39 is 11.9 Å². The van der Waals surface area contributed by atoms with Crippen LogP contribution in [0.15, 0.2) is 42.7 Å². The number of carboxylic acid groups (broad SMARTS) is 1. The van der Waals surface area contributed by atoms with E-state index in [-0.39, 0.29) is 24.5 Å². The van der Waals surface area contributed by atoms with Gasteiger partial charge in [-0.3, -0.25) is 4.79 Å². The number of hydrogen-bond donors (Lipinski definition) is 2.